The first-order valence-electron chi connectivity index (χ1n) is 11.0. The third-order valence-electron chi connectivity index (χ3n) is 5.65. The molecule has 168 valence electrons. The Morgan fingerprint density at radius 3 is 2.29 bits per heavy atom. The number of fused-ring (bicyclic) bond motifs is 1. The highest BCUT2D eigenvalue weighted by Gasteiger charge is 2.24. The Bertz CT molecular complexity index is 1340. The fraction of sp³-hybridized carbons (Fsp3) is 0.111. The molecule has 0 unspecified atom stereocenters. The van der Waals surface area contributed by atoms with Crippen LogP contribution in [0, 0.1) is 0 Å². The summed E-state index contributed by atoms with van der Waals surface area (Å²) in [7, 11) is 0. The predicted octanol–water partition coefficient (Wildman–Crippen LogP) is 5.00. The Balaban J connectivity index is 1.30. The highest BCUT2D eigenvalue weighted by atomic mass is 16.2. The molecule has 3 aromatic carbocycles. The van der Waals surface area contributed by atoms with E-state index in [0.717, 1.165) is 22.6 Å². The molecule has 1 aliphatic heterocycles. The van der Waals surface area contributed by atoms with Gasteiger partial charge in [0, 0.05) is 48.7 Å². The largest absolute Gasteiger partial charge is 0.330 e. The van der Waals surface area contributed by atoms with Crippen LogP contribution in [0.3, 0.4) is 0 Å². The van der Waals surface area contributed by atoms with Gasteiger partial charge in [-0.15, -0.1) is 0 Å². The van der Waals surface area contributed by atoms with Gasteiger partial charge in [0.05, 0.1) is 5.69 Å². The number of nitrogens with one attached hydrogen (secondary N) is 2. The predicted molar refractivity (Wildman–Crippen MR) is 132 cm³/mol. The summed E-state index contributed by atoms with van der Waals surface area (Å²) in [5.41, 5.74) is 6.11. The van der Waals surface area contributed by atoms with Gasteiger partial charge in [-0.1, -0.05) is 42.5 Å². The van der Waals surface area contributed by atoms with Crippen LogP contribution >= 0.6 is 0 Å². The van der Waals surface area contributed by atoms with Crippen LogP contribution in [0.4, 0.5) is 17.3 Å². The lowest BCUT2D eigenvalue weighted by molar-refractivity contribution is -0.114. The molecule has 5 rings (SSSR count). The van der Waals surface area contributed by atoms with E-state index in [-0.39, 0.29) is 11.8 Å². The van der Waals surface area contributed by atoms with Gasteiger partial charge in [-0.3, -0.25) is 9.59 Å². The molecular weight excluding hydrogens is 426 g/mol. The first-order chi connectivity index (χ1) is 16.5. The number of aromatic nitrogens is 2. The van der Waals surface area contributed by atoms with Gasteiger partial charge in [0.1, 0.15) is 0 Å². The maximum atomic E-state index is 13.1. The van der Waals surface area contributed by atoms with E-state index in [1.807, 2.05) is 71.6 Å². The van der Waals surface area contributed by atoms with Crippen molar-refractivity contribution in [3.05, 3.63) is 102 Å². The van der Waals surface area contributed by atoms with Crippen LogP contribution in [0.5, 0.6) is 0 Å². The molecular formula is C27H23N5O2. The van der Waals surface area contributed by atoms with E-state index in [1.54, 1.807) is 6.20 Å². The SMILES string of the molecule is CC(=O)Nc1ccc(-c2ccnc(Nc3cccc(C(=O)N4Cc5ccccc5C4)c3)n2)cc1. The molecule has 0 fully saturated rings. The molecule has 4 aromatic rings. The third kappa shape index (κ3) is 4.63. The van der Waals surface area contributed by atoms with Gasteiger partial charge < -0.3 is 15.5 Å². The molecule has 0 atom stereocenters. The summed E-state index contributed by atoms with van der Waals surface area (Å²) >= 11 is 0. The van der Waals surface area contributed by atoms with Crippen molar-refractivity contribution in [1.29, 1.82) is 0 Å². The van der Waals surface area contributed by atoms with Crippen LogP contribution in [0.15, 0.2) is 85.1 Å². The normalized spacial score (nSPS) is 12.2. The number of carbonyl (C=O) groups excluding carboxylic acids is 2. The molecule has 7 nitrogen and oxygen atoms in total. The molecule has 0 spiro atoms. The fourth-order valence-corrected chi connectivity index (χ4v) is 4.03. The molecule has 1 aliphatic rings. The van der Waals surface area contributed by atoms with E-state index >= 15 is 0 Å². The maximum Gasteiger partial charge on any atom is 0.254 e. The molecule has 0 bridgehead atoms. The van der Waals surface area contributed by atoms with Crippen LogP contribution < -0.4 is 10.6 Å². The average molecular weight is 450 g/mol. The molecule has 2 amide bonds. The van der Waals surface area contributed by atoms with Gasteiger partial charge in [0.25, 0.3) is 5.91 Å². The Hall–Kier alpha value is -4.52. The van der Waals surface area contributed by atoms with Gasteiger partial charge in [0.15, 0.2) is 0 Å². The lowest BCUT2D eigenvalue weighted by Crippen LogP contribution is -2.25. The van der Waals surface area contributed by atoms with Crippen molar-refractivity contribution in [3.8, 4) is 11.3 Å². The molecule has 0 aliphatic carbocycles. The van der Waals surface area contributed by atoms with Crippen LogP contribution in [-0.4, -0.2) is 26.7 Å². The molecule has 7 heteroatoms. The number of carbonyl (C=O) groups is 2. The Kier molecular flexibility index (Phi) is 5.74. The quantitative estimate of drug-likeness (QED) is 0.448. The lowest BCUT2D eigenvalue weighted by atomic mass is 10.1. The topological polar surface area (TPSA) is 87.2 Å². The lowest BCUT2D eigenvalue weighted by Gasteiger charge is -2.16. The number of anilines is 3. The summed E-state index contributed by atoms with van der Waals surface area (Å²) in [5, 5.41) is 5.96. The minimum atomic E-state index is -0.115. The monoisotopic (exact) mass is 449 g/mol. The van der Waals surface area contributed by atoms with Crippen LogP contribution in [0.2, 0.25) is 0 Å². The van der Waals surface area contributed by atoms with Crippen LogP contribution in [0.25, 0.3) is 11.3 Å². The molecule has 1 aromatic heterocycles. The first-order valence-corrected chi connectivity index (χ1v) is 11.0. The molecule has 2 N–H and O–H groups in total. The highest BCUT2D eigenvalue weighted by Crippen LogP contribution is 2.26. The molecule has 0 saturated heterocycles. The van der Waals surface area contributed by atoms with Crippen molar-refractivity contribution >= 4 is 29.1 Å². The van der Waals surface area contributed by atoms with Crippen molar-refractivity contribution in [3.63, 3.8) is 0 Å². The van der Waals surface area contributed by atoms with Gasteiger partial charge in [0.2, 0.25) is 11.9 Å². The van der Waals surface area contributed by atoms with Gasteiger partial charge in [-0.25, -0.2) is 9.97 Å². The minimum Gasteiger partial charge on any atom is -0.330 e. The van der Waals surface area contributed by atoms with Crippen molar-refractivity contribution in [2.75, 3.05) is 10.6 Å². The van der Waals surface area contributed by atoms with E-state index < -0.39 is 0 Å². The van der Waals surface area contributed by atoms with Crippen LogP contribution in [0.1, 0.15) is 28.4 Å². The Morgan fingerprint density at radius 1 is 0.853 bits per heavy atom. The second-order valence-electron chi connectivity index (χ2n) is 8.16. The van der Waals surface area contributed by atoms with E-state index in [4.69, 9.17) is 0 Å². The zero-order valence-corrected chi connectivity index (χ0v) is 18.7. The number of nitrogens with zero attached hydrogens (tertiary/aromatic N) is 3. The Morgan fingerprint density at radius 2 is 1.59 bits per heavy atom. The van der Waals surface area contributed by atoms with Crippen molar-refractivity contribution in [2.24, 2.45) is 0 Å². The average Bonchev–Trinajstić information content (AvgIpc) is 3.28. The maximum absolute atomic E-state index is 13.1. The van der Waals surface area contributed by atoms with Crippen molar-refractivity contribution < 1.29 is 9.59 Å². The van der Waals surface area contributed by atoms with E-state index in [1.165, 1.54) is 18.1 Å². The fourth-order valence-electron chi connectivity index (χ4n) is 4.03. The number of hydrogen-bond acceptors (Lipinski definition) is 5. The summed E-state index contributed by atoms with van der Waals surface area (Å²) < 4.78 is 0. The van der Waals surface area contributed by atoms with Gasteiger partial charge in [-0.2, -0.15) is 0 Å². The van der Waals surface area contributed by atoms with Crippen LogP contribution in [-0.2, 0) is 17.9 Å². The second-order valence-corrected chi connectivity index (χ2v) is 8.16. The number of rotatable bonds is 5. The number of benzene rings is 3. The van der Waals surface area contributed by atoms with Gasteiger partial charge in [-0.05, 0) is 47.5 Å². The molecule has 0 radical (unpaired) electrons. The van der Waals surface area contributed by atoms with Gasteiger partial charge >= 0.3 is 0 Å². The first kappa shape index (κ1) is 21.3. The summed E-state index contributed by atoms with van der Waals surface area (Å²) in [6.07, 6.45) is 1.68. The van der Waals surface area contributed by atoms with Crippen molar-refractivity contribution in [1.82, 2.24) is 14.9 Å². The molecule has 0 saturated carbocycles. The summed E-state index contributed by atoms with van der Waals surface area (Å²) in [6, 6.07) is 24.8. The highest BCUT2D eigenvalue weighted by molar-refractivity contribution is 5.95. The van der Waals surface area contributed by atoms with E-state index in [0.29, 0.717) is 24.6 Å². The van der Waals surface area contributed by atoms with E-state index in [2.05, 4.69) is 32.7 Å². The zero-order chi connectivity index (χ0) is 23.5. The van der Waals surface area contributed by atoms with Crippen molar-refractivity contribution in [2.45, 2.75) is 20.0 Å². The number of amides is 2. The second kappa shape index (κ2) is 9.15. The standard InChI is InChI=1S/C27H23N5O2/c1-18(33)29-23-11-9-19(10-12-23)25-13-14-28-27(31-25)30-24-8-4-7-20(15-24)26(34)32-16-21-5-2-3-6-22(21)17-32/h2-15H,16-17H2,1H3,(H,29,33)(H,28,30,31). The summed E-state index contributed by atoms with van der Waals surface area (Å²) in [5.74, 6) is 0.312. The Labute approximate surface area is 197 Å². The smallest absolute Gasteiger partial charge is 0.254 e. The van der Waals surface area contributed by atoms with E-state index in [9.17, 15) is 9.59 Å². The number of hydrogen-bond donors (Lipinski definition) is 2. The zero-order valence-electron chi connectivity index (χ0n) is 18.7. The molecule has 34 heavy (non-hydrogen) atoms. The summed E-state index contributed by atoms with van der Waals surface area (Å²) in [6.45, 7) is 2.72. The minimum absolute atomic E-state index is 0.00576. The third-order valence-corrected chi connectivity index (χ3v) is 5.65. The summed E-state index contributed by atoms with van der Waals surface area (Å²) in [4.78, 5) is 35.1. The molecule has 2 heterocycles.